The van der Waals surface area contributed by atoms with Crippen LogP contribution in [0, 0.1) is 12.3 Å². The van der Waals surface area contributed by atoms with E-state index in [9.17, 15) is 4.79 Å². The van der Waals surface area contributed by atoms with E-state index in [2.05, 4.69) is 32.9 Å². The lowest BCUT2D eigenvalue weighted by Crippen LogP contribution is -2.11. The fourth-order valence-corrected chi connectivity index (χ4v) is 3.37. The molecule has 0 amide bonds. The minimum absolute atomic E-state index is 0.209. The standard InChI is InChI=1S/C23H22N6O2/c1-4-9-18-17(12-15(5-2)13-25-18)21-26-20-19(22(30)27-21)28-29(23(20)31-6-3)14-16-10-7-8-11-24-16/h2,7-8,10-13H,4,6,9,14H2,1,3H3,(H,26,27,30). The van der Waals surface area contributed by atoms with Crippen LogP contribution in [0.1, 0.15) is 37.2 Å². The van der Waals surface area contributed by atoms with Crippen LogP contribution in [0.5, 0.6) is 5.88 Å². The summed E-state index contributed by atoms with van der Waals surface area (Å²) in [7, 11) is 0. The van der Waals surface area contributed by atoms with E-state index in [1.807, 2.05) is 31.2 Å². The highest BCUT2D eigenvalue weighted by Crippen LogP contribution is 2.27. The van der Waals surface area contributed by atoms with Crippen molar-refractivity contribution < 1.29 is 4.74 Å². The highest BCUT2D eigenvalue weighted by Gasteiger charge is 2.20. The van der Waals surface area contributed by atoms with Crippen molar-refractivity contribution in [2.24, 2.45) is 0 Å². The van der Waals surface area contributed by atoms with Gasteiger partial charge in [0.2, 0.25) is 5.88 Å². The molecule has 0 radical (unpaired) electrons. The number of nitrogens with one attached hydrogen (secondary N) is 1. The van der Waals surface area contributed by atoms with E-state index in [4.69, 9.17) is 16.1 Å². The molecule has 4 aromatic rings. The molecule has 0 unspecified atom stereocenters. The zero-order chi connectivity index (χ0) is 21.8. The molecule has 8 nitrogen and oxygen atoms in total. The molecule has 4 aromatic heterocycles. The van der Waals surface area contributed by atoms with Crippen LogP contribution < -0.4 is 10.3 Å². The summed E-state index contributed by atoms with van der Waals surface area (Å²) in [5.41, 5.74) is 3.19. The highest BCUT2D eigenvalue weighted by molar-refractivity contribution is 5.81. The fraction of sp³-hybridized carbons (Fsp3) is 0.261. The van der Waals surface area contributed by atoms with Gasteiger partial charge in [-0.15, -0.1) is 6.42 Å². The Bertz CT molecular complexity index is 1320. The summed E-state index contributed by atoms with van der Waals surface area (Å²) in [4.78, 5) is 29.3. The summed E-state index contributed by atoms with van der Waals surface area (Å²) < 4.78 is 7.46. The Kier molecular flexibility index (Phi) is 5.76. The van der Waals surface area contributed by atoms with Gasteiger partial charge < -0.3 is 9.72 Å². The van der Waals surface area contributed by atoms with Gasteiger partial charge in [0, 0.05) is 23.5 Å². The predicted molar refractivity (Wildman–Crippen MR) is 118 cm³/mol. The molecule has 0 aliphatic heterocycles. The monoisotopic (exact) mass is 414 g/mol. The number of aromatic amines is 1. The molecule has 0 aliphatic carbocycles. The number of rotatable bonds is 7. The van der Waals surface area contributed by atoms with Crippen molar-refractivity contribution in [2.45, 2.75) is 33.2 Å². The first kappa shape index (κ1) is 20.3. The summed E-state index contributed by atoms with van der Waals surface area (Å²) >= 11 is 0. The molecular formula is C23H22N6O2. The number of H-pyrrole nitrogens is 1. The average Bonchev–Trinajstić information content (AvgIpc) is 3.13. The molecule has 0 spiro atoms. The number of hydrogen-bond acceptors (Lipinski definition) is 6. The van der Waals surface area contributed by atoms with Crippen LogP contribution in [0.25, 0.3) is 22.4 Å². The molecule has 4 rings (SSSR count). The van der Waals surface area contributed by atoms with Gasteiger partial charge in [-0.3, -0.25) is 14.8 Å². The minimum Gasteiger partial charge on any atom is -0.477 e. The lowest BCUT2D eigenvalue weighted by atomic mass is 10.1. The Labute approximate surface area is 179 Å². The van der Waals surface area contributed by atoms with E-state index in [0.717, 1.165) is 24.2 Å². The third kappa shape index (κ3) is 4.03. The zero-order valence-corrected chi connectivity index (χ0v) is 17.4. The second kappa shape index (κ2) is 8.79. The summed E-state index contributed by atoms with van der Waals surface area (Å²) in [6, 6.07) is 7.45. The summed E-state index contributed by atoms with van der Waals surface area (Å²) in [5, 5.41) is 4.45. The minimum atomic E-state index is -0.353. The van der Waals surface area contributed by atoms with Crippen molar-refractivity contribution >= 4 is 11.0 Å². The third-order valence-electron chi connectivity index (χ3n) is 4.75. The number of terminal acetylenes is 1. The topological polar surface area (TPSA) is 98.6 Å². The molecule has 0 aliphatic rings. The van der Waals surface area contributed by atoms with E-state index in [-0.39, 0.29) is 11.1 Å². The predicted octanol–water partition coefficient (Wildman–Crippen LogP) is 2.96. The van der Waals surface area contributed by atoms with Crippen LogP contribution in [0.2, 0.25) is 0 Å². The van der Waals surface area contributed by atoms with Gasteiger partial charge in [-0.25, -0.2) is 9.67 Å². The van der Waals surface area contributed by atoms with Crippen LogP contribution in [0.15, 0.2) is 41.5 Å². The number of ether oxygens (including phenoxy) is 1. The van der Waals surface area contributed by atoms with Crippen molar-refractivity contribution in [3.63, 3.8) is 0 Å². The van der Waals surface area contributed by atoms with Gasteiger partial charge in [0.25, 0.3) is 5.56 Å². The lowest BCUT2D eigenvalue weighted by molar-refractivity contribution is 0.308. The molecule has 8 heteroatoms. The van der Waals surface area contributed by atoms with Crippen molar-refractivity contribution in [3.05, 3.63) is 64.0 Å². The van der Waals surface area contributed by atoms with Gasteiger partial charge in [-0.1, -0.05) is 25.3 Å². The molecule has 31 heavy (non-hydrogen) atoms. The zero-order valence-electron chi connectivity index (χ0n) is 17.4. The summed E-state index contributed by atoms with van der Waals surface area (Å²) in [6.45, 7) is 4.70. The third-order valence-corrected chi connectivity index (χ3v) is 4.75. The maximum absolute atomic E-state index is 12.9. The van der Waals surface area contributed by atoms with E-state index < -0.39 is 0 Å². The Morgan fingerprint density at radius 2 is 2.10 bits per heavy atom. The van der Waals surface area contributed by atoms with Crippen LogP contribution >= 0.6 is 0 Å². The van der Waals surface area contributed by atoms with E-state index in [1.165, 1.54) is 0 Å². The van der Waals surface area contributed by atoms with Gasteiger partial charge in [0.1, 0.15) is 5.82 Å². The maximum atomic E-state index is 12.9. The van der Waals surface area contributed by atoms with Gasteiger partial charge in [0.05, 0.1) is 24.5 Å². The fourth-order valence-electron chi connectivity index (χ4n) is 3.37. The SMILES string of the molecule is C#Cc1cnc(CCC)c(-c2nc3c(OCC)n(Cc4ccccn4)nc3c(=O)[nH]2)c1. The van der Waals surface area contributed by atoms with Crippen LogP contribution in [-0.2, 0) is 13.0 Å². The number of aromatic nitrogens is 6. The van der Waals surface area contributed by atoms with Crippen molar-refractivity contribution in [2.75, 3.05) is 6.61 Å². The Hall–Kier alpha value is -3.99. The van der Waals surface area contributed by atoms with Gasteiger partial charge in [-0.05, 0) is 31.5 Å². The Balaban J connectivity index is 1.90. The van der Waals surface area contributed by atoms with Crippen LogP contribution in [0.3, 0.4) is 0 Å². The van der Waals surface area contributed by atoms with Crippen molar-refractivity contribution in [1.82, 2.24) is 29.7 Å². The van der Waals surface area contributed by atoms with E-state index >= 15 is 0 Å². The number of aryl methyl sites for hydroxylation is 1. The second-order valence-electron chi connectivity index (χ2n) is 6.94. The van der Waals surface area contributed by atoms with E-state index in [1.54, 1.807) is 17.1 Å². The van der Waals surface area contributed by atoms with Gasteiger partial charge in [0.15, 0.2) is 11.0 Å². The number of fused-ring (bicyclic) bond motifs is 1. The first-order valence-electron chi connectivity index (χ1n) is 10.1. The molecule has 0 aromatic carbocycles. The molecule has 0 fully saturated rings. The molecule has 156 valence electrons. The first-order chi connectivity index (χ1) is 15.1. The Morgan fingerprint density at radius 1 is 1.23 bits per heavy atom. The van der Waals surface area contributed by atoms with E-state index in [0.29, 0.717) is 41.5 Å². The lowest BCUT2D eigenvalue weighted by Gasteiger charge is -2.09. The average molecular weight is 414 g/mol. The molecule has 4 heterocycles. The number of hydrogen-bond donors (Lipinski definition) is 1. The highest BCUT2D eigenvalue weighted by atomic mass is 16.5. The second-order valence-corrected chi connectivity index (χ2v) is 6.94. The van der Waals surface area contributed by atoms with Crippen molar-refractivity contribution in [1.29, 1.82) is 0 Å². The molecule has 0 atom stereocenters. The molecule has 0 bridgehead atoms. The molecule has 0 saturated heterocycles. The van der Waals surface area contributed by atoms with Gasteiger partial charge >= 0.3 is 0 Å². The Morgan fingerprint density at radius 3 is 2.81 bits per heavy atom. The number of pyridine rings is 2. The van der Waals surface area contributed by atoms with Crippen LogP contribution in [0.4, 0.5) is 0 Å². The smallest absolute Gasteiger partial charge is 0.279 e. The largest absolute Gasteiger partial charge is 0.477 e. The quantitative estimate of drug-likeness (QED) is 0.467. The first-order valence-corrected chi connectivity index (χ1v) is 10.1. The summed E-state index contributed by atoms with van der Waals surface area (Å²) in [6.07, 6.45) is 10.6. The molecular weight excluding hydrogens is 392 g/mol. The van der Waals surface area contributed by atoms with Crippen molar-refractivity contribution in [3.8, 4) is 29.6 Å². The summed E-state index contributed by atoms with van der Waals surface area (Å²) in [5.74, 6) is 3.41. The molecule has 0 saturated carbocycles. The normalized spacial score (nSPS) is 10.9. The van der Waals surface area contributed by atoms with Gasteiger partial charge in [-0.2, -0.15) is 5.10 Å². The molecule has 1 N–H and O–H groups in total. The maximum Gasteiger partial charge on any atom is 0.279 e. The van der Waals surface area contributed by atoms with Crippen LogP contribution in [-0.4, -0.2) is 36.3 Å². The number of nitrogens with zero attached hydrogens (tertiary/aromatic N) is 5.